The number of hydrogen-bond acceptors (Lipinski definition) is 6. The first-order chi connectivity index (χ1) is 7.17. The summed E-state index contributed by atoms with van der Waals surface area (Å²) < 4.78 is 15.8. The Morgan fingerprint density at radius 1 is 1.53 bits per heavy atom. The standard InChI is InChI=1S/C9H15NO5/c1-4-10-6-7(12)8(13-2)5(3-11)15-9(6)14-4/h5-9,11-12H,3H2,1-2H3/t5?,6?,7-,8-,9?/m1/s1. The average Bonchev–Trinajstić information content (AvgIpc) is 2.59. The third kappa shape index (κ3) is 1.74. The van der Waals surface area contributed by atoms with Gasteiger partial charge in [-0.3, -0.25) is 0 Å². The summed E-state index contributed by atoms with van der Waals surface area (Å²) in [4.78, 5) is 4.12. The van der Waals surface area contributed by atoms with Crippen LogP contribution < -0.4 is 0 Å². The Bertz CT molecular complexity index is 269. The van der Waals surface area contributed by atoms with Crippen LogP contribution in [0.2, 0.25) is 0 Å². The zero-order chi connectivity index (χ0) is 11.0. The second kappa shape index (κ2) is 4.05. The fourth-order valence-electron chi connectivity index (χ4n) is 1.99. The number of aliphatic hydroxyl groups excluding tert-OH is 2. The van der Waals surface area contributed by atoms with E-state index < -0.39 is 30.6 Å². The summed E-state index contributed by atoms with van der Waals surface area (Å²) in [7, 11) is 1.46. The van der Waals surface area contributed by atoms with Gasteiger partial charge in [0.2, 0.25) is 6.29 Å². The Labute approximate surface area is 87.5 Å². The largest absolute Gasteiger partial charge is 0.450 e. The molecule has 2 N–H and O–H groups in total. The van der Waals surface area contributed by atoms with Crippen LogP contribution in [0.1, 0.15) is 6.92 Å². The number of nitrogens with zero attached hydrogens (tertiary/aromatic N) is 1. The predicted molar refractivity (Wildman–Crippen MR) is 50.5 cm³/mol. The summed E-state index contributed by atoms with van der Waals surface area (Å²) in [6, 6.07) is -0.460. The van der Waals surface area contributed by atoms with Crippen molar-refractivity contribution in [2.75, 3.05) is 13.7 Å². The molecule has 5 atom stereocenters. The summed E-state index contributed by atoms with van der Waals surface area (Å²) in [5, 5.41) is 19.0. The van der Waals surface area contributed by atoms with Crippen molar-refractivity contribution >= 4 is 5.90 Å². The third-order valence-corrected chi connectivity index (χ3v) is 2.71. The van der Waals surface area contributed by atoms with Gasteiger partial charge in [-0.2, -0.15) is 0 Å². The van der Waals surface area contributed by atoms with Crippen LogP contribution in [0.25, 0.3) is 0 Å². The van der Waals surface area contributed by atoms with Crippen molar-refractivity contribution in [1.82, 2.24) is 0 Å². The molecular formula is C9H15NO5. The maximum absolute atomic E-state index is 9.96. The first kappa shape index (κ1) is 10.8. The highest BCUT2D eigenvalue weighted by molar-refractivity contribution is 5.75. The number of rotatable bonds is 2. The first-order valence-electron chi connectivity index (χ1n) is 4.85. The van der Waals surface area contributed by atoms with Crippen molar-refractivity contribution in [3.63, 3.8) is 0 Å². The second-order valence-corrected chi connectivity index (χ2v) is 3.67. The third-order valence-electron chi connectivity index (χ3n) is 2.71. The molecule has 0 aromatic carbocycles. The highest BCUT2D eigenvalue weighted by atomic mass is 16.7. The predicted octanol–water partition coefficient (Wildman–Crippen LogP) is -1.10. The molecular weight excluding hydrogens is 202 g/mol. The van der Waals surface area contributed by atoms with Crippen molar-refractivity contribution in [3.05, 3.63) is 0 Å². The number of aliphatic imine (C=N–C) groups is 1. The van der Waals surface area contributed by atoms with Crippen LogP contribution >= 0.6 is 0 Å². The lowest BCUT2D eigenvalue weighted by molar-refractivity contribution is -0.240. The molecule has 6 nitrogen and oxygen atoms in total. The van der Waals surface area contributed by atoms with E-state index in [0.29, 0.717) is 5.90 Å². The lowest BCUT2D eigenvalue weighted by Crippen LogP contribution is -2.57. The number of hydrogen-bond donors (Lipinski definition) is 2. The van der Waals surface area contributed by atoms with Gasteiger partial charge in [-0.05, 0) is 0 Å². The van der Waals surface area contributed by atoms with E-state index >= 15 is 0 Å². The number of fused-ring (bicyclic) bond motifs is 1. The summed E-state index contributed by atoms with van der Waals surface area (Å²) in [6.07, 6.45) is -2.58. The highest BCUT2D eigenvalue weighted by Crippen LogP contribution is 2.29. The minimum absolute atomic E-state index is 0.221. The quantitative estimate of drug-likeness (QED) is 0.613. The maximum atomic E-state index is 9.96. The first-order valence-corrected chi connectivity index (χ1v) is 4.85. The van der Waals surface area contributed by atoms with Gasteiger partial charge in [0.15, 0.2) is 5.90 Å². The molecule has 2 heterocycles. The molecule has 0 bridgehead atoms. The van der Waals surface area contributed by atoms with E-state index in [1.165, 1.54) is 7.11 Å². The molecule has 0 radical (unpaired) electrons. The Kier molecular flexibility index (Phi) is 2.92. The van der Waals surface area contributed by atoms with Crippen LogP contribution in [0.5, 0.6) is 0 Å². The van der Waals surface area contributed by atoms with E-state index in [9.17, 15) is 5.11 Å². The molecule has 1 fully saturated rings. The van der Waals surface area contributed by atoms with Gasteiger partial charge >= 0.3 is 0 Å². The van der Waals surface area contributed by atoms with Crippen molar-refractivity contribution in [1.29, 1.82) is 0 Å². The van der Waals surface area contributed by atoms with Crippen molar-refractivity contribution in [2.24, 2.45) is 4.99 Å². The summed E-state index contributed by atoms with van der Waals surface area (Å²) in [5.74, 6) is 0.484. The van der Waals surface area contributed by atoms with Crippen molar-refractivity contribution in [2.45, 2.75) is 37.6 Å². The number of ether oxygens (including phenoxy) is 3. The minimum Gasteiger partial charge on any atom is -0.450 e. The Morgan fingerprint density at radius 3 is 2.87 bits per heavy atom. The summed E-state index contributed by atoms with van der Waals surface area (Å²) in [5.41, 5.74) is 0. The fraction of sp³-hybridized carbons (Fsp3) is 0.889. The smallest absolute Gasteiger partial charge is 0.227 e. The minimum atomic E-state index is -0.816. The lowest BCUT2D eigenvalue weighted by atomic mass is 9.98. The van der Waals surface area contributed by atoms with Gasteiger partial charge in [-0.1, -0.05) is 0 Å². The normalized spacial score (nSPS) is 44.5. The molecule has 2 rings (SSSR count). The second-order valence-electron chi connectivity index (χ2n) is 3.67. The van der Waals surface area contributed by atoms with Gasteiger partial charge in [-0.25, -0.2) is 4.99 Å². The van der Waals surface area contributed by atoms with E-state index in [1.54, 1.807) is 6.92 Å². The average molecular weight is 217 g/mol. The van der Waals surface area contributed by atoms with E-state index in [0.717, 1.165) is 0 Å². The SMILES string of the molecule is CO[C@@H]1C(CO)OC2OC(C)=NC2[C@H]1O. The van der Waals surface area contributed by atoms with E-state index in [4.69, 9.17) is 19.3 Å². The van der Waals surface area contributed by atoms with Crippen molar-refractivity contribution < 1.29 is 24.4 Å². The Hall–Kier alpha value is -0.690. The summed E-state index contributed by atoms with van der Waals surface area (Å²) >= 11 is 0. The molecule has 15 heavy (non-hydrogen) atoms. The Morgan fingerprint density at radius 2 is 2.27 bits per heavy atom. The van der Waals surface area contributed by atoms with Crippen LogP contribution in [-0.4, -0.2) is 60.5 Å². The molecule has 6 heteroatoms. The molecule has 0 aliphatic carbocycles. The van der Waals surface area contributed by atoms with Crippen LogP contribution in [0.3, 0.4) is 0 Å². The molecule has 3 unspecified atom stereocenters. The van der Waals surface area contributed by atoms with E-state index in [1.807, 2.05) is 0 Å². The monoisotopic (exact) mass is 217 g/mol. The molecule has 0 saturated carbocycles. The molecule has 86 valence electrons. The molecule has 0 aromatic heterocycles. The van der Waals surface area contributed by atoms with Crippen LogP contribution in [0.4, 0.5) is 0 Å². The summed E-state index contributed by atoms with van der Waals surface area (Å²) in [6.45, 7) is 1.48. The topological polar surface area (TPSA) is 80.5 Å². The molecule has 2 aliphatic heterocycles. The van der Waals surface area contributed by atoms with Crippen LogP contribution in [0.15, 0.2) is 4.99 Å². The molecule has 2 aliphatic rings. The fourth-order valence-corrected chi connectivity index (χ4v) is 1.99. The van der Waals surface area contributed by atoms with Crippen LogP contribution in [0, 0.1) is 0 Å². The zero-order valence-electron chi connectivity index (χ0n) is 8.66. The van der Waals surface area contributed by atoms with Gasteiger partial charge in [0.1, 0.15) is 24.4 Å². The van der Waals surface area contributed by atoms with Gasteiger partial charge in [0.05, 0.1) is 6.61 Å². The van der Waals surface area contributed by atoms with Gasteiger partial charge in [0.25, 0.3) is 0 Å². The number of aliphatic hydroxyl groups is 2. The highest BCUT2D eigenvalue weighted by Gasteiger charge is 2.49. The molecule has 1 saturated heterocycles. The molecule has 0 amide bonds. The lowest BCUT2D eigenvalue weighted by Gasteiger charge is -2.38. The van der Waals surface area contributed by atoms with E-state index in [2.05, 4.69) is 4.99 Å². The van der Waals surface area contributed by atoms with E-state index in [-0.39, 0.29) is 6.61 Å². The van der Waals surface area contributed by atoms with Crippen molar-refractivity contribution in [3.8, 4) is 0 Å². The Balaban J connectivity index is 2.16. The molecule has 0 aromatic rings. The van der Waals surface area contributed by atoms with Gasteiger partial charge in [0, 0.05) is 14.0 Å². The maximum Gasteiger partial charge on any atom is 0.227 e. The molecule has 0 spiro atoms. The van der Waals surface area contributed by atoms with Gasteiger partial charge < -0.3 is 24.4 Å². The van der Waals surface area contributed by atoms with Crippen LogP contribution in [-0.2, 0) is 14.2 Å². The number of methoxy groups -OCH3 is 1. The van der Waals surface area contributed by atoms with Gasteiger partial charge in [-0.15, -0.1) is 0 Å². The zero-order valence-corrected chi connectivity index (χ0v) is 8.66.